The zero-order valence-electron chi connectivity index (χ0n) is 13.7. The van der Waals surface area contributed by atoms with Gasteiger partial charge < -0.3 is 19.7 Å². The van der Waals surface area contributed by atoms with Gasteiger partial charge in [0.05, 0.1) is 12.2 Å². The summed E-state index contributed by atoms with van der Waals surface area (Å²) in [6.45, 7) is -0.698. The number of rotatable bonds is 4. The maximum Gasteiger partial charge on any atom is 0.434 e. The molecule has 0 bridgehead atoms. The fourth-order valence-electron chi connectivity index (χ4n) is 3.01. The van der Waals surface area contributed by atoms with E-state index in [0.29, 0.717) is 0 Å². The van der Waals surface area contributed by atoms with E-state index in [4.69, 9.17) is 20.3 Å². The van der Waals surface area contributed by atoms with E-state index in [1.807, 2.05) is 0 Å². The molecule has 1 aliphatic rings. The SMILES string of the molecule is CO[C@H]1[C@@H](S)O[C@H](CO)[C@H](O)C1(N=[N+]=[N-])c1cnc(C(F)(F)F)c(C#N)c1. The van der Waals surface area contributed by atoms with E-state index in [-0.39, 0.29) is 5.56 Å². The summed E-state index contributed by atoms with van der Waals surface area (Å²) in [6.07, 6.45) is -8.42. The van der Waals surface area contributed by atoms with Gasteiger partial charge in [0.15, 0.2) is 5.69 Å². The van der Waals surface area contributed by atoms with Crippen LogP contribution in [0.15, 0.2) is 17.4 Å². The number of alkyl halides is 3. The Morgan fingerprint density at radius 3 is 2.74 bits per heavy atom. The topological polar surface area (TPSA) is 144 Å². The maximum absolute atomic E-state index is 13.0. The highest BCUT2D eigenvalue weighted by molar-refractivity contribution is 7.80. The number of nitriles is 1. The summed E-state index contributed by atoms with van der Waals surface area (Å²) in [4.78, 5) is 5.94. The molecule has 5 atom stereocenters. The number of thiol groups is 1. The van der Waals surface area contributed by atoms with Crippen molar-refractivity contribution in [3.8, 4) is 6.07 Å². The van der Waals surface area contributed by atoms with Gasteiger partial charge in [-0.05, 0) is 17.2 Å². The molecule has 1 aromatic heterocycles. The Morgan fingerprint density at radius 2 is 2.26 bits per heavy atom. The fraction of sp³-hybridized carbons (Fsp3) is 0.571. The zero-order valence-corrected chi connectivity index (χ0v) is 14.6. The van der Waals surface area contributed by atoms with Gasteiger partial charge in [-0.25, -0.2) is 0 Å². The van der Waals surface area contributed by atoms with Crippen molar-refractivity contribution in [2.24, 2.45) is 5.11 Å². The van der Waals surface area contributed by atoms with Gasteiger partial charge in [0.25, 0.3) is 0 Å². The van der Waals surface area contributed by atoms with E-state index in [0.717, 1.165) is 12.3 Å². The molecule has 1 aromatic rings. The third-order valence-electron chi connectivity index (χ3n) is 4.19. The van der Waals surface area contributed by atoms with E-state index in [9.17, 15) is 23.4 Å². The van der Waals surface area contributed by atoms with Crippen LogP contribution >= 0.6 is 12.6 Å². The predicted octanol–water partition coefficient (Wildman–Crippen LogP) is 1.50. The Kier molecular flexibility index (Phi) is 6.21. The first-order valence-electron chi connectivity index (χ1n) is 7.36. The quantitative estimate of drug-likeness (QED) is 0.300. The Morgan fingerprint density at radius 1 is 1.59 bits per heavy atom. The summed E-state index contributed by atoms with van der Waals surface area (Å²) in [7, 11) is 1.19. The van der Waals surface area contributed by atoms with Crippen LogP contribution in [0.4, 0.5) is 13.2 Å². The minimum absolute atomic E-state index is 0.218. The maximum atomic E-state index is 13.0. The third-order valence-corrected chi connectivity index (χ3v) is 4.59. The molecule has 0 radical (unpaired) electrons. The van der Waals surface area contributed by atoms with Crippen molar-refractivity contribution in [3.63, 3.8) is 0 Å². The molecular weight excluding hydrogens is 391 g/mol. The second-order valence-corrected chi connectivity index (χ2v) is 6.10. The summed E-state index contributed by atoms with van der Waals surface area (Å²) in [5, 5.41) is 32.8. The van der Waals surface area contributed by atoms with Crippen LogP contribution in [0, 0.1) is 11.3 Å². The van der Waals surface area contributed by atoms with Crippen LogP contribution < -0.4 is 0 Å². The first-order chi connectivity index (χ1) is 12.7. The van der Waals surface area contributed by atoms with Crippen molar-refractivity contribution >= 4 is 12.6 Å². The smallest absolute Gasteiger partial charge is 0.394 e. The molecule has 1 fully saturated rings. The predicted molar refractivity (Wildman–Crippen MR) is 86.3 cm³/mol. The summed E-state index contributed by atoms with van der Waals surface area (Å²) >= 11 is 4.14. The van der Waals surface area contributed by atoms with Crippen molar-refractivity contribution < 1.29 is 32.9 Å². The van der Waals surface area contributed by atoms with Crippen molar-refractivity contribution in [2.75, 3.05) is 13.7 Å². The molecule has 2 rings (SSSR count). The van der Waals surface area contributed by atoms with Gasteiger partial charge >= 0.3 is 6.18 Å². The molecule has 0 aromatic carbocycles. The molecule has 1 aliphatic heterocycles. The minimum Gasteiger partial charge on any atom is -0.394 e. The van der Waals surface area contributed by atoms with Crippen LogP contribution in [0.25, 0.3) is 10.4 Å². The highest BCUT2D eigenvalue weighted by atomic mass is 32.1. The molecule has 13 heteroatoms. The fourth-order valence-corrected chi connectivity index (χ4v) is 3.52. The van der Waals surface area contributed by atoms with Crippen molar-refractivity contribution in [3.05, 3.63) is 39.5 Å². The van der Waals surface area contributed by atoms with Gasteiger partial charge in [-0.1, -0.05) is 5.11 Å². The number of ether oxygens (including phenoxy) is 2. The summed E-state index contributed by atoms with van der Waals surface area (Å²) in [5.74, 6) is 0. The molecule has 1 unspecified atom stereocenters. The standard InChI is InChI=1S/C14H14F3N5O4S/c1-25-11-12(27)26-8(5-23)10(24)13(11,21-22-19)7-2-6(3-18)9(20-4-7)14(15,16)17/h2,4,8,10-12,23-24,27H,5H2,1H3/t8-,10+,11+,12-,13?/m1/s1. The van der Waals surface area contributed by atoms with E-state index in [2.05, 4.69) is 27.6 Å². The van der Waals surface area contributed by atoms with Gasteiger partial charge in [0.1, 0.15) is 35.4 Å². The highest BCUT2D eigenvalue weighted by Crippen LogP contribution is 2.45. The van der Waals surface area contributed by atoms with Crippen LogP contribution in [-0.2, 0) is 21.2 Å². The van der Waals surface area contributed by atoms with Crippen molar-refractivity contribution in [2.45, 2.75) is 35.5 Å². The van der Waals surface area contributed by atoms with E-state index < -0.39 is 53.3 Å². The largest absolute Gasteiger partial charge is 0.434 e. The lowest BCUT2D eigenvalue weighted by Gasteiger charge is -2.49. The van der Waals surface area contributed by atoms with Crippen LogP contribution in [0.3, 0.4) is 0 Å². The lowest BCUT2D eigenvalue weighted by Crippen LogP contribution is -2.63. The van der Waals surface area contributed by atoms with Gasteiger partial charge in [-0.2, -0.15) is 18.4 Å². The van der Waals surface area contributed by atoms with Gasteiger partial charge in [0, 0.05) is 18.2 Å². The first kappa shape index (κ1) is 21.2. The van der Waals surface area contributed by atoms with Crippen LogP contribution in [0.5, 0.6) is 0 Å². The van der Waals surface area contributed by atoms with Crippen molar-refractivity contribution in [1.29, 1.82) is 5.26 Å². The van der Waals surface area contributed by atoms with E-state index >= 15 is 0 Å². The Bertz CT molecular complexity index is 798. The summed E-state index contributed by atoms with van der Waals surface area (Å²) < 4.78 is 49.6. The number of aliphatic hydroxyl groups excluding tert-OH is 2. The number of nitrogens with zero attached hydrogens (tertiary/aromatic N) is 5. The molecular formula is C14H14F3N5O4S. The molecule has 2 heterocycles. The monoisotopic (exact) mass is 405 g/mol. The molecule has 0 amide bonds. The number of hydrogen-bond donors (Lipinski definition) is 3. The molecule has 0 spiro atoms. The Labute approximate surface area is 156 Å². The molecule has 146 valence electrons. The third kappa shape index (κ3) is 3.55. The van der Waals surface area contributed by atoms with Crippen LogP contribution in [0.1, 0.15) is 16.8 Å². The van der Waals surface area contributed by atoms with Crippen molar-refractivity contribution in [1.82, 2.24) is 4.98 Å². The average Bonchev–Trinajstić information content (AvgIpc) is 2.63. The zero-order chi connectivity index (χ0) is 20.4. The number of aliphatic hydroxyl groups is 2. The first-order valence-corrected chi connectivity index (χ1v) is 7.88. The normalized spacial score (nSPS) is 31.0. The van der Waals surface area contributed by atoms with Gasteiger partial charge in [-0.3, -0.25) is 4.98 Å². The summed E-state index contributed by atoms with van der Waals surface area (Å²) in [6, 6.07) is 2.19. The Hall–Kier alpha value is -2.07. The second kappa shape index (κ2) is 7.89. The number of hydrogen-bond acceptors (Lipinski definition) is 8. The molecule has 27 heavy (non-hydrogen) atoms. The van der Waals surface area contributed by atoms with Gasteiger partial charge in [0.2, 0.25) is 0 Å². The molecule has 9 nitrogen and oxygen atoms in total. The van der Waals surface area contributed by atoms with Crippen LogP contribution in [-0.4, -0.2) is 52.7 Å². The number of azide groups is 1. The van der Waals surface area contributed by atoms with Crippen LogP contribution in [0.2, 0.25) is 0 Å². The number of halogens is 3. The van der Waals surface area contributed by atoms with E-state index in [1.165, 1.54) is 13.2 Å². The highest BCUT2D eigenvalue weighted by Gasteiger charge is 2.57. The lowest BCUT2D eigenvalue weighted by molar-refractivity contribution is -0.201. The molecule has 0 aliphatic carbocycles. The van der Waals surface area contributed by atoms with Gasteiger partial charge in [-0.15, -0.1) is 12.6 Å². The molecule has 1 saturated heterocycles. The number of methoxy groups -OCH3 is 1. The molecule has 0 saturated carbocycles. The minimum atomic E-state index is -4.89. The number of aromatic nitrogens is 1. The average molecular weight is 405 g/mol. The lowest BCUT2D eigenvalue weighted by atomic mass is 9.76. The summed E-state index contributed by atoms with van der Waals surface area (Å²) in [5.41, 5.74) is 3.38. The number of pyridine rings is 1. The molecule has 2 N–H and O–H groups in total. The second-order valence-electron chi connectivity index (χ2n) is 5.59. The van der Waals surface area contributed by atoms with E-state index in [1.54, 1.807) is 0 Å². The Balaban J connectivity index is 2.77.